The van der Waals surface area contributed by atoms with Gasteiger partial charge in [0, 0.05) is 17.2 Å². The van der Waals surface area contributed by atoms with E-state index in [9.17, 15) is 9.59 Å². The van der Waals surface area contributed by atoms with Gasteiger partial charge in [0.15, 0.2) is 5.78 Å². The van der Waals surface area contributed by atoms with Crippen LogP contribution < -0.4 is 5.32 Å². The number of cyclic esters (lactones) is 1. The van der Waals surface area contributed by atoms with Crippen molar-refractivity contribution in [3.05, 3.63) is 57.4 Å². The lowest BCUT2D eigenvalue weighted by Gasteiger charge is -2.32. The van der Waals surface area contributed by atoms with Crippen LogP contribution in [0.3, 0.4) is 0 Å². The molecule has 118 valence electrons. The first kappa shape index (κ1) is 14.2. The lowest BCUT2D eigenvalue weighted by atomic mass is 9.78. The highest BCUT2D eigenvalue weighted by Crippen LogP contribution is 2.42. The highest BCUT2D eigenvalue weighted by atomic mass is 16.5. The lowest BCUT2D eigenvalue weighted by Crippen LogP contribution is -2.37. The summed E-state index contributed by atoms with van der Waals surface area (Å²) in [5, 5.41) is 3.17. The molecule has 23 heavy (non-hydrogen) atoms. The van der Waals surface area contributed by atoms with Crippen LogP contribution in [0.15, 0.2) is 40.7 Å². The van der Waals surface area contributed by atoms with E-state index in [4.69, 9.17) is 9.47 Å². The van der Waals surface area contributed by atoms with E-state index < -0.39 is 0 Å². The van der Waals surface area contributed by atoms with Gasteiger partial charge in [-0.05, 0) is 30.5 Å². The first-order valence-electron chi connectivity index (χ1n) is 7.64. The van der Waals surface area contributed by atoms with Crippen molar-refractivity contribution in [2.24, 2.45) is 0 Å². The third-order valence-corrected chi connectivity index (χ3v) is 4.74. The molecule has 4 rings (SSSR count). The van der Waals surface area contributed by atoms with Crippen molar-refractivity contribution >= 4 is 11.8 Å². The third-order valence-electron chi connectivity index (χ3n) is 4.74. The summed E-state index contributed by atoms with van der Waals surface area (Å²) in [6, 6.07) is 6.06. The molecule has 0 bridgehead atoms. The van der Waals surface area contributed by atoms with Gasteiger partial charge in [-0.2, -0.15) is 0 Å². The molecule has 0 aromatic heterocycles. The van der Waals surface area contributed by atoms with Crippen molar-refractivity contribution in [2.75, 3.05) is 19.8 Å². The number of ketones is 1. The summed E-state index contributed by atoms with van der Waals surface area (Å²) in [4.78, 5) is 24.7. The monoisotopic (exact) mass is 311 g/mol. The molecular weight excluding hydrogens is 294 g/mol. The number of hydrogen-bond acceptors (Lipinski definition) is 5. The Kier molecular flexibility index (Phi) is 3.13. The molecule has 1 unspecified atom stereocenters. The number of dihydropyridines is 1. The van der Waals surface area contributed by atoms with Crippen molar-refractivity contribution in [3.8, 4) is 0 Å². The summed E-state index contributed by atoms with van der Waals surface area (Å²) in [6.45, 7) is 4.71. The number of hydrogen-bond donors (Lipinski definition) is 1. The molecule has 1 aromatic rings. The zero-order valence-corrected chi connectivity index (χ0v) is 13.1. The largest absolute Gasteiger partial charge is 0.456 e. The average molecular weight is 311 g/mol. The zero-order valence-electron chi connectivity index (χ0n) is 13.1. The van der Waals surface area contributed by atoms with Crippen LogP contribution in [0.2, 0.25) is 0 Å². The van der Waals surface area contributed by atoms with Gasteiger partial charge in [0.2, 0.25) is 0 Å². The Hall–Kier alpha value is -2.40. The Bertz CT molecular complexity index is 803. The average Bonchev–Trinajstić information content (AvgIpc) is 2.90. The highest BCUT2D eigenvalue weighted by Gasteiger charge is 2.43. The second-order valence-corrected chi connectivity index (χ2v) is 6.18. The van der Waals surface area contributed by atoms with Crippen LogP contribution in [0.5, 0.6) is 0 Å². The Morgan fingerprint density at radius 1 is 1.00 bits per heavy atom. The predicted octanol–water partition coefficient (Wildman–Crippen LogP) is 1.65. The van der Waals surface area contributed by atoms with E-state index in [1.807, 2.05) is 26.0 Å². The molecule has 0 aliphatic carbocycles. The van der Waals surface area contributed by atoms with Crippen molar-refractivity contribution < 1.29 is 19.1 Å². The number of rotatable bonds is 1. The molecule has 0 amide bonds. The van der Waals surface area contributed by atoms with Crippen LogP contribution in [0.1, 0.15) is 22.6 Å². The van der Waals surface area contributed by atoms with Crippen LogP contribution in [-0.2, 0) is 19.1 Å². The minimum atomic E-state index is -0.369. The van der Waals surface area contributed by atoms with E-state index in [2.05, 4.69) is 11.4 Å². The third kappa shape index (κ3) is 2.11. The lowest BCUT2D eigenvalue weighted by molar-refractivity contribution is -0.136. The van der Waals surface area contributed by atoms with Crippen molar-refractivity contribution in [1.29, 1.82) is 0 Å². The molecule has 1 N–H and O–H groups in total. The molecule has 5 nitrogen and oxygen atoms in total. The summed E-state index contributed by atoms with van der Waals surface area (Å²) in [5.41, 5.74) is 5.95. The maximum absolute atomic E-state index is 12.5. The molecule has 0 spiro atoms. The standard InChI is InChI=1S/C18H17NO4/c1-9-3-4-11(5-10(9)2)15-16-12(6-22-8-14(16)20)19-13-7-23-18(21)17(13)15/h3-5,15,19H,6-8H2,1-2H3. The van der Waals surface area contributed by atoms with Gasteiger partial charge >= 0.3 is 5.97 Å². The van der Waals surface area contributed by atoms with Crippen LogP contribution in [0.25, 0.3) is 0 Å². The summed E-state index contributed by atoms with van der Waals surface area (Å²) in [6.07, 6.45) is 0. The van der Waals surface area contributed by atoms with Gasteiger partial charge in [0.05, 0.1) is 17.9 Å². The number of ether oxygens (including phenoxy) is 2. The summed E-state index contributed by atoms with van der Waals surface area (Å²) >= 11 is 0. The number of esters is 1. The molecule has 0 fully saturated rings. The van der Waals surface area contributed by atoms with E-state index in [0.29, 0.717) is 17.8 Å². The Morgan fingerprint density at radius 2 is 1.78 bits per heavy atom. The molecule has 0 saturated carbocycles. The number of aryl methyl sites for hydroxylation is 2. The van der Waals surface area contributed by atoms with Crippen LogP contribution in [0, 0.1) is 13.8 Å². The van der Waals surface area contributed by atoms with Crippen LogP contribution in [0.4, 0.5) is 0 Å². The zero-order chi connectivity index (χ0) is 16.1. The molecule has 3 heterocycles. The first-order valence-corrected chi connectivity index (χ1v) is 7.64. The summed E-state index contributed by atoms with van der Waals surface area (Å²) in [5.74, 6) is -0.790. The molecule has 0 saturated heterocycles. The number of carbonyl (C=O) groups excluding carboxylic acids is 2. The summed E-state index contributed by atoms with van der Waals surface area (Å²) < 4.78 is 10.5. The number of nitrogens with one attached hydrogen (secondary N) is 1. The predicted molar refractivity (Wildman–Crippen MR) is 82.6 cm³/mol. The number of Topliss-reactive ketones (excluding diaryl/α,β-unsaturated/α-hetero) is 1. The second kappa shape index (κ2) is 5.06. The molecule has 3 aliphatic rings. The van der Waals surface area contributed by atoms with E-state index >= 15 is 0 Å². The first-order chi connectivity index (χ1) is 11.1. The smallest absolute Gasteiger partial charge is 0.337 e. The van der Waals surface area contributed by atoms with Crippen molar-refractivity contribution in [2.45, 2.75) is 19.8 Å². The Morgan fingerprint density at radius 3 is 2.57 bits per heavy atom. The molecule has 5 heteroatoms. The fourth-order valence-electron chi connectivity index (χ4n) is 3.42. The van der Waals surface area contributed by atoms with Gasteiger partial charge in [-0.3, -0.25) is 4.79 Å². The van der Waals surface area contributed by atoms with Gasteiger partial charge in [-0.1, -0.05) is 18.2 Å². The quantitative estimate of drug-likeness (QED) is 0.799. The van der Waals surface area contributed by atoms with Gasteiger partial charge in [-0.15, -0.1) is 0 Å². The Balaban J connectivity index is 1.91. The van der Waals surface area contributed by atoms with Gasteiger partial charge in [-0.25, -0.2) is 4.79 Å². The fraction of sp³-hybridized carbons (Fsp3) is 0.333. The molecular formula is C18H17NO4. The highest BCUT2D eigenvalue weighted by molar-refractivity contribution is 6.05. The van der Waals surface area contributed by atoms with Crippen molar-refractivity contribution in [1.82, 2.24) is 5.32 Å². The SMILES string of the molecule is Cc1ccc(C2C3=C(COCC3=O)NC3=C2C(=O)OC3)cc1C. The topological polar surface area (TPSA) is 64.6 Å². The van der Waals surface area contributed by atoms with E-state index in [-0.39, 0.29) is 30.9 Å². The molecule has 0 radical (unpaired) electrons. The van der Waals surface area contributed by atoms with Gasteiger partial charge in [0.25, 0.3) is 0 Å². The summed E-state index contributed by atoms with van der Waals surface area (Å²) in [7, 11) is 0. The normalized spacial score (nSPS) is 23.5. The molecule has 1 atom stereocenters. The maximum Gasteiger partial charge on any atom is 0.337 e. The molecule has 3 aliphatic heterocycles. The maximum atomic E-state index is 12.5. The van der Waals surface area contributed by atoms with Crippen molar-refractivity contribution in [3.63, 3.8) is 0 Å². The van der Waals surface area contributed by atoms with Gasteiger partial charge < -0.3 is 14.8 Å². The second-order valence-electron chi connectivity index (χ2n) is 6.18. The fourth-order valence-corrected chi connectivity index (χ4v) is 3.42. The van der Waals surface area contributed by atoms with E-state index in [0.717, 1.165) is 22.5 Å². The number of carbonyl (C=O) groups is 2. The van der Waals surface area contributed by atoms with Crippen LogP contribution in [-0.4, -0.2) is 31.6 Å². The Labute approximate surface area is 134 Å². The van der Waals surface area contributed by atoms with E-state index in [1.54, 1.807) is 0 Å². The van der Waals surface area contributed by atoms with Gasteiger partial charge in [0.1, 0.15) is 13.2 Å². The minimum absolute atomic E-state index is 0.0551. The van der Waals surface area contributed by atoms with E-state index in [1.165, 1.54) is 5.56 Å². The number of benzene rings is 1. The minimum Gasteiger partial charge on any atom is -0.456 e. The van der Waals surface area contributed by atoms with Crippen LogP contribution >= 0.6 is 0 Å². The molecule has 1 aromatic carbocycles.